The molecule has 0 fully saturated rings. The predicted octanol–water partition coefficient (Wildman–Crippen LogP) is 2.94. The van der Waals surface area contributed by atoms with Crippen molar-refractivity contribution in [2.45, 2.75) is 6.92 Å². The average molecular weight is 336 g/mol. The number of carbonyl (C=O) groups is 3. The fourth-order valence-electron chi connectivity index (χ4n) is 2.53. The van der Waals surface area contributed by atoms with Gasteiger partial charge in [-0.15, -0.1) is 0 Å². The molecule has 1 heterocycles. The van der Waals surface area contributed by atoms with Gasteiger partial charge in [0.1, 0.15) is 5.70 Å². The molecule has 0 N–H and O–H groups in total. The number of hydrogen-bond acceptors (Lipinski definition) is 4. The molecule has 1 aliphatic rings. The lowest BCUT2D eigenvalue weighted by Crippen LogP contribution is -2.34. The smallest absolute Gasteiger partial charge is 0.266 e. The number of fused-ring (bicyclic) bond motifs is 1. The van der Waals surface area contributed by atoms with E-state index < -0.39 is 17.6 Å². The molecular weight excluding hydrogens is 316 g/mol. The second kappa shape index (κ2) is 7.57. The first-order chi connectivity index (χ1) is 11.9. The van der Waals surface area contributed by atoms with Crippen LogP contribution in [0.1, 0.15) is 27.6 Å². The van der Waals surface area contributed by atoms with Crippen molar-refractivity contribution in [2.24, 2.45) is 0 Å². The van der Waals surface area contributed by atoms with E-state index in [2.05, 4.69) is 6.58 Å². The molecule has 1 aromatic carbocycles. The van der Waals surface area contributed by atoms with Gasteiger partial charge in [0.05, 0.1) is 11.1 Å². The van der Waals surface area contributed by atoms with Gasteiger partial charge in [-0.2, -0.15) is 0 Å². The monoisotopic (exact) mass is 336 g/mol. The van der Waals surface area contributed by atoms with Crippen LogP contribution < -0.4 is 0 Å². The molecule has 5 heteroatoms. The Morgan fingerprint density at radius 1 is 1.12 bits per heavy atom. The molecule has 0 bridgehead atoms. The fraction of sp³-hybridized carbons (Fsp3) is 0.150. The Labute approximate surface area is 147 Å². The molecule has 1 aromatic rings. The molecule has 5 nitrogen and oxygen atoms in total. The summed E-state index contributed by atoms with van der Waals surface area (Å²) < 4.78 is 0. The number of carbonyl (C=O) groups excluding carboxylic acids is 3. The summed E-state index contributed by atoms with van der Waals surface area (Å²) in [4.78, 5) is 41.0. The highest BCUT2D eigenvalue weighted by Gasteiger charge is 2.40. The summed E-state index contributed by atoms with van der Waals surface area (Å²) in [5, 5.41) is 0. The van der Waals surface area contributed by atoms with E-state index in [-0.39, 0.29) is 5.70 Å². The van der Waals surface area contributed by atoms with Gasteiger partial charge in [-0.1, -0.05) is 43.0 Å². The molecule has 0 atom stereocenters. The molecule has 25 heavy (non-hydrogen) atoms. The lowest BCUT2D eigenvalue weighted by molar-refractivity contribution is -0.113. The Kier molecular flexibility index (Phi) is 5.49. The molecule has 2 rings (SSSR count). The van der Waals surface area contributed by atoms with Crippen LogP contribution in [0, 0.1) is 0 Å². The molecule has 0 saturated carbocycles. The van der Waals surface area contributed by atoms with E-state index in [1.54, 1.807) is 68.4 Å². The second-order valence-corrected chi connectivity index (χ2v) is 5.66. The van der Waals surface area contributed by atoms with Crippen LogP contribution in [-0.4, -0.2) is 41.5 Å². The van der Waals surface area contributed by atoms with E-state index >= 15 is 0 Å². The maximum atomic E-state index is 13.0. The Morgan fingerprint density at radius 2 is 1.68 bits per heavy atom. The standard InChI is InChI=1S/C20H20N2O3/c1-5-9-14(10-6-2)18(23)17(13-21(3)4)22-19(24)15-11-7-8-12-16(15)20(22)25/h5-13H,1H2,2-4H3/b10-6-,14-9+,17-13+. The zero-order chi connectivity index (χ0) is 18.6. The minimum atomic E-state index is -0.500. The first kappa shape index (κ1) is 18.1. The molecular formula is C20H20N2O3. The highest BCUT2D eigenvalue weighted by atomic mass is 16.2. The predicted molar refractivity (Wildman–Crippen MR) is 96.8 cm³/mol. The van der Waals surface area contributed by atoms with Gasteiger partial charge in [0.25, 0.3) is 11.8 Å². The molecule has 0 saturated heterocycles. The first-order valence-electron chi connectivity index (χ1n) is 7.78. The summed E-state index contributed by atoms with van der Waals surface area (Å²) in [6, 6.07) is 6.54. The van der Waals surface area contributed by atoms with Crippen molar-refractivity contribution < 1.29 is 14.4 Å². The molecule has 0 radical (unpaired) electrons. The van der Waals surface area contributed by atoms with Gasteiger partial charge in [0.15, 0.2) is 0 Å². The number of allylic oxidation sites excluding steroid dienone is 5. The minimum Gasteiger partial charge on any atom is -0.382 e. The van der Waals surface area contributed by atoms with Crippen LogP contribution in [0.2, 0.25) is 0 Å². The third-order valence-corrected chi connectivity index (χ3v) is 3.55. The Hall–Kier alpha value is -3.21. The van der Waals surface area contributed by atoms with Gasteiger partial charge >= 0.3 is 0 Å². The number of ketones is 1. The largest absolute Gasteiger partial charge is 0.382 e. The van der Waals surface area contributed by atoms with E-state index in [0.717, 1.165) is 4.90 Å². The van der Waals surface area contributed by atoms with Crippen LogP contribution in [0.3, 0.4) is 0 Å². The number of hydrogen-bond donors (Lipinski definition) is 0. The summed E-state index contributed by atoms with van der Waals surface area (Å²) >= 11 is 0. The maximum Gasteiger partial charge on any atom is 0.266 e. The normalized spacial score (nSPS) is 14.9. The van der Waals surface area contributed by atoms with Gasteiger partial charge in [-0.25, -0.2) is 4.90 Å². The molecule has 128 valence electrons. The fourth-order valence-corrected chi connectivity index (χ4v) is 2.53. The SMILES string of the molecule is C=C/C=C(\C=C/C)C(=O)/C(=C\N(C)C)N1C(=O)c2ccccc2C1=O. The number of imide groups is 1. The first-order valence-corrected chi connectivity index (χ1v) is 7.78. The van der Waals surface area contributed by atoms with Crippen LogP contribution >= 0.6 is 0 Å². The van der Waals surface area contributed by atoms with Crippen LogP contribution in [-0.2, 0) is 4.79 Å². The average Bonchev–Trinajstić information content (AvgIpc) is 2.83. The van der Waals surface area contributed by atoms with E-state index in [9.17, 15) is 14.4 Å². The van der Waals surface area contributed by atoms with Crippen molar-refractivity contribution in [1.82, 2.24) is 9.80 Å². The Balaban J connectivity index is 2.56. The molecule has 0 spiro atoms. The zero-order valence-corrected chi connectivity index (χ0v) is 14.5. The third-order valence-electron chi connectivity index (χ3n) is 3.55. The van der Waals surface area contributed by atoms with Crippen molar-refractivity contribution in [3.05, 3.63) is 83.7 Å². The summed E-state index contributed by atoms with van der Waals surface area (Å²) in [5.74, 6) is -1.43. The summed E-state index contributed by atoms with van der Waals surface area (Å²) in [6.07, 6.45) is 7.84. The summed E-state index contributed by atoms with van der Waals surface area (Å²) in [6.45, 7) is 5.38. The summed E-state index contributed by atoms with van der Waals surface area (Å²) in [7, 11) is 3.44. The van der Waals surface area contributed by atoms with Crippen molar-refractivity contribution in [2.75, 3.05) is 14.1 Å². The highest BCUT2D eigenvalue weighted by molar-refractivity contribution is 6.26. The number of amides is 2. The lowest BCUT2D eigenvalue weighted by atomic mass is 10.1. The summed E-state index contributed by atoms with van der Waals surface area (Å²) in [5.41, 5.74) is 0.931. The molecule has 2 amide bonds. The maximum absolute atomic E-state index is 13.0. The van der Waals surface area contributed by atoms with E-state index in [4.69, 9.17) is 0 Å². The van der Waals surface area contributed by atoms with Crippen molar-refractivity contribution in [1.29, 1.82) is 0 Å². The molecule has 1 aliphatic heterocycles. The van der Waals surface area contributed by atoms with E-state index in [1.807, 2.05) is 0 Å². The molecule has 0 aliphatic carbocycles. The van der Waals surface area contributed by atoms with Gasteiger partial charge in [-0.05, 0) is 19.1 Å². The van der Waals surface area contributed by atoms with Crippen LogP contribution in [0.25, 0.3) is 0 Å². The van der Waals surface area contributed by atoms with E-state index in [0.29, 0.717) is 16.7 Å². The topological polar surface area (TPSA) is 57.7 Å². The van der Waals surface area contributed by atoms with Crippen LogP contribution in [0.15, 0.2) is 72.6 Å². The molecule has 0 aromatic heterocycles. The van der Waals surface area contributed by atoms with Gasteiger partial charge < -0.3 is 4.90 Å². The highest BCUT2D eigenvalue weighted by Crippen LogP contribution is 2.27. The lowest BCUT2D eigenvalue weighted by Gasteiger charge is -2.19. The van der Waals surface area contributed by atoms with Crippen LogP contribution in [0.4, 0.5) is 0 Å². The van der Waals surface area contributed by atoms with Crippen molar-refractivity contribution in [3.63, 3.8) is 0 Å². The van der Waals surface area contributed by atoms with Crippen molar-refractivity contribution >= 4 is 17.6 Å². The van der Waals surface area contributed by atoms with Gasteiger partial charge in [0.2, 0.25) is 5.78 Å². The number of nitrogens with zero attached hydrogens (tertiary/aromatic N) is 2. The van der Waals surface area contributed by atoms with Gasteiger partial charge in [-0.3, -0.25) is 14.4 Å². The zero-order valence-electron chi connectivity index (χ0n) is 14.5. The number of rotatable bonds is 6. The quantitative estimate of drug-likeness (QED) is 0.455. The van der Waals surface area contributed by atoms with Crippen LogP contribution in [0.5, 0.6) is 0 Å². The Bertz CT molecular complexity index is 794. The van der Waals surface area contributed by atoms with E-state index in [1.165, 1.54) is 12.3 Å². The number of Topliss-reactive ketones (excluding diaryl/α,β-unsaturated/α-hetero) is 1. The van der Waals surface area contributed by atoms with Crippen molar-refractivity contribution in [3.8, 4) is 0 Å². The molecule has 0 unspecified atom stereocenters. The Morgan fingerprint density at radius 3 is 2.12 bits per heavy atom. The second-order valence-electron chi connectivity index (χ2n) is 5.66. The van der Waals surface area contributed by atoms with Gasteiger partial charge in [0, 0.05) is 25.9 Å². The number of benzene rings is 1. The minimum absolute atomic E-state index is 0.00222. The third kappa shape index (κ3) is 3.50.